The number of esters is 1. The van der Waals surface area contributed by atoms with Crippen LogP contribution in [-0.4, -0.2) is 135 Å². The number of nitrogens with zero attached hydrogens (tertiary/aromatic N) is 6. The summed E-state index contributed by atoms with van der Waals surface area (Å²) in [6.07, 6.45) is 15.9. The van der Waals surface area contributed by atoms with Gasteiger partial charge in [0.25, 0.3) is 0 Å². The molecular formula is C45H65LiN6O7. The number of piperidine rings is 2. The van der Waals surface area contributed by atoms with Crippen molar-refractivity contribution >= 4 is 23.8 Å². The Labute approximate surface area is 362 Å². The standard InChI is InChI=1S/C23H33N3O3.C22H31N3O3.Li.H2O/c1-16(23(28)29-2)26-14-19(15-26)22(27)25-11-9-17(10-12-25)13-20-8-7-18-5-3-4-6-21(18)24-20;1-15(22(27)28)25-13-18(14-25)21(26)24-10-8-16(9-11-24)12-19-7-6-17-4-2-3-5-20(17)23-19;;/h7-8,16-17,19H,3-6,9-15H2,1-2H3;6-7,15-16,18H,2-5,8-14H2,1H3,(H,27,28);;1H2/q;;+1;/p-1. The van der Waals surface area contributed by atoms with Crippen LogP contribution in [0.25, 0.3) is 0 Å². The molecule has 13 nitrogen and oxygen atoms in total. The third-order valence-corrected chi connectivity index (χ3v) is 13.8. The first-order valence-corrected chi connectivity index (χ1v) is 21.9. The molecule has 2 aromatic heterocycles. The largest absolute Gasteiger partial charge is 1.00 e. The molecule has 2 aromatic rings. The molecule has 0 aromatic carbocycles. The summed E-state index contributed by atoms with van der Waals surface area (Å²) in [5.41, 5.74) is 7.93. The number of methoxy groups -OCH3 is 1. The number of hydrogen-bond donors (Lipinski definition) is 1. The van der Waals surface area contributed by atoms with Gasteiger partial charge in [0.15, 0.2) is 0 Å². The minimum atomic E-state index is -0.817. The smallest absolute Gasteiger partial charge is 0.870 e. The third kappa shape index (κ3) is 11.5. The van der Waals surface area contributed by atoms with Crippen LogP contribution in [0, 0.1) is 23.7 Å². The normalized spacial score (nSPS) is 21.4. The Balaban J connectivity index is 0.000000217. The first-order chi connectivity index (χ1) is 27.6. The maximum Gasteiger partial charge on any atom is 1.00 e. The summed E-state index contributed by atoms with van der Waals surface area (Å²) in [7, 11) is 1.41. The van der Waals surface area contributed by atoms with E-state index in [2.05, 4.69) is 24.3 Å². The number of pyridine rings is 2. The Morgan fingerprint density at radius 2 is 1.05 bits per heavy atom. The van der Waals surface area contributed by atoms with Gasteiger partial charge in [0.05, 0.1) is 18.9 Å². The van der Waals surface area contributed by atoms with Crippen molar-refractivity contribution in [1.29, 1.82) is 0 Å². The van der Waals surface area contributed by atoms with Crippen molar-refractivity contribution in [3.05, 3.63) is 58.2 Å². The molecule has 8 rings (SSSR count). The van der Waals surface area contributed by atoms with Gasteiger partial charge in [-0.15, -0.1) is 0 Å². The molecule has 4 saturated heterocycles. The first kappa shape index (κ1) is 46.7. The van der Waals surface area contributed by atoms with Crippen molar-refractivity contribution in [1.82, 2.24) is 29.6 Å². The molecule has 0 radical (unpaired) electrons. The van der Waals surface area contributed by atoms with Gasteiger partial charge < -0.3 is 25.1 Å². The van der Waals surface area contributed by atoms with Crippen LogP contribution in [0.4, 0.5) is 0 Å². The SMILES string of the molecule is CC(C(=O)O)N1CC(C(=O)N2CCC(Cc3ccc4c(n3)CCCC4)CC2)C1.COC(=O)C(C)N1CC(C(=O)N2CCC(Cc3ccc4c(n3)CCCC4)CC2)C1.[Li+].[OH-]. The van der Waals surface area contributed by atoms with E-state index in [0.717, 1.165) is 77.5 Å². The van der Waals surface area contributed by atoms with E-state index in [9.17, 15) is 19.2 Å². The Kier molecular flexibility index (Phi) is 17.0. The molecule has 0 spiro atoms. The Bertz CT molecular complexity index is 1750. The molecule has 4 fully saturated rings. The molecule has 0 bridgehead atoms. The molecule has 2 aliphatic carbocycles. The van der Waals surface area contributed by atoms with Gasteiger partial charge >= 0.3 is 30.8 Å². The monoisotopic (exact) mass is 809 g/mol. The van der Waals surface area contributed by atoms with E-state index in [1.165, 1.54) is 79.5 Å². The number of amides is 2. The van der Waals surface area contributed by atoms with Crippen LogP contribution < -0.4 is 18.9 Å². The van der Waals surface area contributed by atoms with Crippen LogP contribution in [0.15, 0.2) is 24.3 Å². The van der Waals surface area contributed by atoms with Crippen molar-refractivity contribution in [2.75, 3.05) is 59.5 Å². The second-order valence-electron chi connectivity index (χ2n) is 17.7. The third-order valence-electron chi connectivity index (χ3n) is 13.8. The van der Waals surface area contributed by atoms with Crippen LogP contribution in [0.5, 0.6) is 0 Å². The predicted octanol–water partition coefficient (Wildman–Crippen LogP) is 1.21. The van der Waals surface area contributed by atoms with Crippen molar-refractivity contribution in [3.8, 4) is 0 Å². The van der Waals surface area contributed by atoms with Crippen molar-refractivity contribution in [3.63, 3.8) is 0 Å². The minimum absolute atomic E-state index is 0. The Morgan fingerprint density at radius 1 is 0.661 bits per heavy atom. The maximum absolute atomic E-state index is 12.8. The molecule has 2 amide bonds. The molecule has 2 unspecified atom stereocenters. The molecule has 59 heavy (non-hydrogen) atoms. The zero-order valence-corrected chi connectivity index (χ0v) is 35.9. The molecule has 4 aliphatic heterocycles. The second kappa shape index (κ2) is 21.4. The van der Waals surface area contributed by atoms with Crippen molar-refractivity contribution in [2.24, 2.45) is 23.7 Å². The van der Waals surface area contributed by atoms with Gasteiger partial charge in [0.1, 0.15) is 12.1 Å². The number of fused-ring (bicyclic) bond motifs is 2. The topological polar surface area (TPSA) is 166 Å². The number of carboxylic acid groups (broad SMARTS) is 1. The van der Waals surface area contributed by atoms with Crippen LogP contribution in [0.1, 0.15) is 99.1 Å². The van der Waals surface area contributed by atoms with Crippen LogP contribution >= 0.6 is 0 Å². The van der Waals surface area contributed by atoms with Gasteiger partial charge in [-0.3, -0.25) is 38.9 Å². The summed E-state index contributed by atoms with van der Waals surface area (Å²) >= 11 is 0. The van der Waals surface area contributed by atoms with Gasteiger partial charge in [-0.05, 0) is 139 Å². The summed E-state index contributed by atoms with van der Waals surface area (Å²) in [5.74, 6) is 0.632. The van der Waals surface area contributed by atoms with E-state index in [0.29, 0.717) is 38.0 Å². The fraction of sp³-hybridized carbons (Fsp3) is 0.689. The summed E-state index contributed by atoms with van der Waals surface area (Å²) in [5, 5.41) is 9.06. The predicted molar refractivity (Wildman–Crippen MR) is 218 cm³/mol. The van der Waals surface area contributed by atoms with Gasteiger partial charge in [-0.25, -0.2) is 0 Å². The van der Waals surface area contributed by atoms with Gasteiger partial charge in [0, 0.05) is 75.1 Å². The number of rotatable bonds is 10. The van der Waals surface area contributed by atoms with Gasteiger partial charge in [-0.1, -0.05) is 12.1 Å². The first-order valence-electron chi connectivity index (χ1n) is 21.9. The zero-order chi connectivity index (χ0) is 40.1. The molecule has 14 heteroatoms. The van der Waals surface area contributed by atoms with Crippen molar-refractivity contribution < 1.29 is 53.4 Å². The fourth-order valence-electron chi connectivity index (χ4n) is 9.75. The number of aromatic nitrogens is 2. The zero-order valence-electron chi connectivity index (χ0n) is 35.9. The summed E-state index contributed by atoms with van der Waals surface area (Å²) in [6, 6.07) is 8.21. The molecule has 318 valence electrons. The van der Waals surface area contributed by atoms with Gasteiger partial charge in [0.2, 0.25) is 11.8 Å². The summed E-state index contributed by atoms with van der Waals surface area (Å²) in [4.78, 5) is 65.9. The van der Waals surface area contributed by atoms with E-state index in [1.807, 2.05) is 26.5 Å². The number of aliphatic carboxylic acids is 1. The number of hydrogen-bond acceptors (Lipinski definition) is 10. The number of carboxylic acids is 1. The average molecular weight is 809 g/mol. The van der Waals surface area contributed by atoms with Crippen LogP contribution in [-0.2, 0) is 62.4 Å². The number of likely N-dealkylation sites (tertiary alicyclic amines) is 4. The van der Waals surface area contributed by atoms with E-state index >= 15 is 0 Å². The van der Waals surface area contributed by atoms with E-state index in [1.54, 1.807) is 6.92 Å². The fourth-order valence-corrected chi connectivity index (χ4v) is 9.75. The molecule has 6 aliphatic rings. The molecular weight excluding hydrogens is 743 g/mol. The maximum atomic E-state index is 12.8. The number of carbonyl (C=O) groups is 4. The minimum Gasteiger partial charge on any atom is -0.870 e. The number of ether oxygens (including phenoxy) is 1. The quantitative estimate of drug-likeness (QED) is 0.271. The van der Waals surface area contributed by atoms with E-state index in [4.69, 9.17) is 19.8 Å². The molecule has 0 saturated carbocycles. The molecule has 2 atom stereocenters. The molecule has 6 heterocycles. The summed E-state index contributed by atoms with van der Waals surface area (Å²) in [6.45, 7) is 9.32. The van der Waals surface area contributed by atoms with Gasteiger partial charge in [-0.2, -0.15) is 0 Å². The number of carbonyl (C=O) groups excluding carboxylic acids is 3. The Morgan fingerprint density at radius 3 is 1.44 bits per heavy atom. The van der Waals surface area contributed by atoms with Crippen LogP contribution in [0.3, 0.4) is 0 Å². The average Bonchev–Trinajstić information content (AvgIpc) is 3.20. The van der Waals surface area contributed by atoms with E-state index < -0.39 is 12.0 Å². The molecule has 2 N–H and O–H groups in total. The second-order valence-corrected chi connectivity index (χ2v) is 17.7. The number of aryl methyl sites for hydroxylation is 4. The van der Waals surface area contributed by atoms with Crippen molar-refractivity contribution in [2.45, 2.75) is 116 Å². The summed E-state index contributed by atoms with van der Waals surface area (Å²) < 4.78 is 4.79. The van der Waals surface area contributed by atoms with E-state index in [-0.39, 0.29) is 60.0 Å². The van der Waals surface area contributed by atoms with Crippen LogP contribution in [0.2, 0.25) is 0 Å². The Hall–Kier alpha value is -3.34.